The average molecular weight is 542 g/mol. The van der Waals surface area contributed by atoms with E-state index in [4.69, 9.17) is 20.8 Å². The third kappa shape index (κ3) is 6.06. The zero-order chi connectivity index (χ0) is 25.7. The Labute approximate surface area is 218 Å². The highest BCUT2D eigenvalue weighted by atomic mass is 35.5. The minimum atomic E-state index is -1.26. The summed E-state index contributed by atoms with van der Waals surface area (Å²) in [5.41, 5.74) is 0.645. The molecule has 0 aliphatic heterocycles. The molecule has 4 aromatic rings. The molecule has 9 nitrogen and oxygen atoms in total. The number of nitrogens with zero attached hydrogens (tertiary/aromatic N) is 3. The molecule has 1 aromatic heterocycles. The summed E-state index contributed by atoms with van der Waals surface area (Å²) in [4.78, 5) is 24.2. The SMILES string of the molecule is COc1ccc(Cl)cc1-c1nnc(S/C(=C/c2cc([N+](=O)[O-])ccc2Sc2ccccc2)C(=O)O)o1. The number of carboxylic acids is 1. The summed E-state index contributed by atoms with van der Waals surface area (Å²) < 4.78 is 11.0. The van der Waals surface area contributed by atoms with Crippen LogP contribution in [0.5, 0.6) is 5.75 Å². The topological polar surface area (TPSA) is 129 Å². The van der Waals surface area contributed by atoms with E-state index in [1.54, 1.807) is 24.3 Å². The maximum Gasteiger partial charge on any atom is 0.342 e. The number of aliphatic carboxylic acids is 1. The Bertz CT molecular complexity index is 1460. The van der Waals surface area contributed by atoms with Gasteiger partial charge in [-0.3, -0.25) is 10.1 Å². The number of thioether (sulfide) groups is 1. The quantitative estimate of drug-likeness (QED) is 0.106. The van der Waals surface area contributed by atoms with E-state index in [9.17, 15) is 20.0 Å². The van der Waals surface area contributed by atoms with Crippen LogP contribution in [0, 0.1) is 10.1 Å². The number of non-ortho nitro benzene ring substituents is 1. The highest BCUT2D eigenvalue weighted by Crippen LogP contribution is 2.37. The van der Waals surface area contributed by atoms with E-state index >= 15 is 0 Å². The molecule has 3 aromatic carbocycles. The number of hydrogen-bond acceptors (Lipinski definition) is 9. The van der Waals surface area contributed by atoms with Crippen LogP contribution in [0.4, 0.5) is 5.69 Å². The molecule has 0 radical (unpaired) electrons. The van der Waals surface area contributed by atoms with Gasteiger partial charge in [-0.15, -0.1) is 10.2 Å². The summed E-state index contributed by atoms with van der Waals surface area (Å²) >= 11 is 8.14. The average Bonchev–Trinajstić information content (AvgIpc) is 3.33. The number of benzene rings is 3. The van der Waals surface area contributed by atoms with Crippen LogP contribution in [0.15, 0.2) is 91.1 Å². The van der Waals surface area contributed by atoms with Gasteiger partial charge in [0.2, 0.25) is 0 Å². The summed E-state index contributed by atoms with van der Waals surface area (Å²) in [6.07, 6.45) is 1.34. The molecular weight excluding hydrogens is 526 g/mol. The zero-order valence-electron chi connectivity index (χ0n) is 18.5. The molecule has 182 valence electrons. The molecule has 0 atom stereocenters. The van der Waals surface area contributed by atoms with Crippen molar-refractivity contribution in [3.63, 3.8) is 0 Å². The molecule has 4 rings (SSSR count). The van der Waals surface area contributed by atoms with Gasteiger partial charge in [-0.2, -0.15) is 0 Å². The largest absolute Gasteiger partial charge is 0.496 e. The molecule has 0 aliphatic rings. The van der Waals surface area contributed by atoms with Crippen LogP contribution in [0.25, 0.3) is 17.5 Å². The molecule has 36 heavy (non-hydrogen) atoms. The van der Waals surface area contributed by atoms with Crippen molar-refractivity contribution in [1.82, 2.24) is 10.2 Å². The Morgan fingerprint density at radius 1 is 1.14 bits per heavy atom. The van der Waals surface area contributed by atoms with E-state index < -0.39 is 10.9 Å². The lowest BCUT2D eigenvalue weighted by atomic mass is 10.2. The lowest BCUT2D eigenvalue weighted by molar-refractivity contribution is -0.384. The van der Waals surface area contributed by atoms with E-state index in [-0.39, 0.29) is 21.7 Å². The second kappa shape index (κ2) is 11.3. The molecule has 0 saturated heterocycles. The maximum atomic E-state index is 12.1. The minimum Gasteiger partial charge on any atom is -0.496 e. The van der Waals surface area contributed by atoms with Crippen molar-refractivity contribution in [1.29, 1.82) is 0 Å². The molecule has 0 spiro atoms. The Morgan fingerprint density at radius 3 is 2.61 bits per heavy atom. The van der Waals surface area contributed by atoms with Crippen molar-refractivity contribution >= 4 is 52.9 Å². The van der Waals surface area contributed by atoms with Gasteiger partial charge in [-0.25, -0.2) is 4.79 Å². The van der Waals surface area contributed by atoms with Gasteiger partial charge < -0.3 is 14.3 Å². The first-order chi connectivity index (χ1) is 17.3. The number of carboxylic acid groups (broad SMARTS) is 1. The van der Waals surface area contributed by atoms with E-state index in [1.165, 1.54) is 37.1 Å². The van der Waals surface area contributed by atoms with Gasteiger partial charge in [-0.05, 0) is 59.8 Å². The molecular formula is C24H16ClN3O6S2. The Balaban J connectivity index is 1.69. The molecule has 1 heterocycles. The molecule has 0 bridgehead atoms. The highest BCUT2D eigenvalue weighted by molar-refractivity contribution is 8.03. The van der Waals surface area contributed by atoms with E-state index in [0.29, 0.717) is 26.8 Å². The van der Waals surface area contributed by atoms with Crippen molar-refractivity contribution in [2.75, 3.05) is 7.11 Å². The molecule has 0 aliphatic carbocycles. The van der Waals surface area contributed by atoms with Crippen molar-refractivity contribution in [2.24, 2.45) is 0 Å². The fourth-order valence-corrected chi connectivity index (χ4v) is 4.80. The first kappa shape index (κ1) is 25.3. The van der Waals surface area contributed by atoms with Crippen molar-refractivity contribution in [2.45, 2.75) is 15.0 Å². The molecule has 12 heteroatoms. The molecule has 0 saturated carbocycles. The van der Waals surface area contributed by atoms with Gasteiger partial charge in [0.25, 0.3) is 16.8 Å². The number of nitro groups is 1. The monoisotopic (exact) mass is 541 g/mol. The predicted octanol–water partition coefficient (Wildman–Crippen LogP) is 6.68. The van der Waals surface area contributed by atoms with Gasteiger partial charge in [0.05, 0.1) is 17.6 Å². The Hall–Kier alpha value is -3.80. The van der Waals surface area contributed by atoms with Crippen molar-refractivity contribution < 1.29 is 24.0 Å². The summed E-state index contributed by atoms with van der Waals surface area (Å²) in [5, 5.41) is 29.5. The standard InChI is InChI=1S/C24H16ClN3O6S2/c1-33-19-9-7-15(25)13-18(19)22-26-27-24(34-22)36-21(23(29)30)12-14-11-16(28(31)32)8-10-20(14)35-17-5-3-2-4-6-17/h2-13H,1H3,(H,29,30)/b21-12+. The van der Waals surface area contributed by atoms with E-state index in [1.807, 2.05) is 30.3 Å². The van der Waals surface area contributed by atoms with Crippen LogP contribution in [0.2, 0.25) is 5.02 Å². The molecule has 0 fully saturated rings. The highest BCUT2D eigenvalue weighted by Gasteiger charge is 2.20. The molecule has 0 unspecified atom stereocenters. The molecule has 0 amide bonds. The third-order valence-corrected chi connectivity index (χ3v) is 6.85. The first-order valence-electron chi connectivity index (χ1n) is 10.2. The van der Waals surface area contributed by atoms with Crippen molar-refractivity contribution in [3.8, 4) is 17.2 Å². The normalized spacial score (nSPS) is 11.3. The summed E-state index contributed by atoms with van der Waals surface area (Å²) in [7, 11) is 1.48. The summed E-state index contributed by atoms with van der Waals surface area (Å²) in [6.45, 7) is 0. The minimum absolute atomic E-state index is 0.0385. The lowest BCUT2D eigenvalue weighted by Crippen LogP contribution is -1.98. The van der Waals surface area contributed by atoms with E-state index in [2.05, 4.69) is 10.2 Å². The number of rotatable bonds is 9. The second-order valence-corrected chi connectivity index (χ2v) is 9.57. The number of carbonyl (C=O) groups is 1. The van der Waals surface area contributed by atoms with Crippen LogP contribution in [0.3, 0.4) is 0 Å². The number of nitro benzene ring substituents is 1. The van der Waals surface area contributed by atoms with Crippen LogP contribution >= 0.6 is 35.1 Å². The van der Waals surface area contributed by atoms with Crippen molar-refractivity contribution in [3.05, 3.63) is 92.3 Å². The maximum absolute atomic E-state index is 12.1. The Kier molecular flexibility index (Phi) is 7.93. The van der Waals surface area contributed by atoms with Crippen LogP contribution in [-0.4, -0.2) is 33.3 Å². The number of methoxy groups -OCH3 is 1. The second-order valence-electron chi connectivity index (χ2n) is 7.03. The van der Waals surface area contributed by atoms with Crippen LogP contribution in [-0.2, 0) is 4.79 Å². The lowest BCUT2D eigenvalue weighted by Gasteiger charge is -2.07. The fourth-order valence-electron chi connectivity index (χ4n) is 3.05. The summed E-state index contributed by atoms with van der Waals surface area (Å²) in [6, 6.07) is 18.5. The number of ether oxygens (including phenoxy) is 1. The molecule has 1 N–H and O–H groups in total. The number of halogens is 1. The van der Waals surface area contributed by atoms with Gasteiger partial charge in [0.1, 0.15) is 10.7 Å². The fraction of sp³-hybridized carbons (Fsp3) is 0.0417. The zero-order valence-corrected chi connectivity index (χ0v) is 20.8. The van der Waals surface area contributed by atoms with Crippen LogP contribution in [0.1, 0.15) is 5.56 Å². The predicted molar refractivity (Wildman–Crippen MR) is 136 cm³/mol. The Morgan fingerprint density at radius 2 is 1.92 bits per heavy atom. The van der Waals surface area contributed by atoms with Crippen LogP contribution < -0.4 is 4.74 Å². The first-order valence-corrected chi connectivity index (χ1v) is 12.2. The number of hydrogen-bond donors (Lipinski definition) is 1. The van der Waals surface area contributed by atoms with Gasteiger partial charge in [0, 0.05) is 26.9 Å². The van der Waals surface area contributed by atoms with Gasteiger partial charge >= 0.3 is 5.97 Å². The third-order valence-electron chi connectivity index (χ3n) is 4.67. The summed E-state index contributed by atoms with van der Waals surface area (Å²) in [5.74, 6) is -0.715. The van der Waals surface area contributed by atoms with Gasteiger partial charge in [-0.1, -0.05) is 41.6 Å². The number of aromatic nitrogens is 2. The smallest absolute Gasteiger partial charge is 0.342 e. The van der Waals surface area contributed by atoms with Gasteiger partial charge in [0.15, 0.2) is 0 Å². The van der Waals surface area contributed by atoms with E-state index in [0.717, 1.165) is 16.7 Å².